The van der Waals surface area contributed by atoms with E-state index >= 15 is 0 Å². The summed E-state index contributed by atoms with van der Waals surface area (Å²) in [5, 5.41) is 13.5. The second-order valence-electron chi connectivity index (χ2n) is 2.74. The molecule has 0 radical (unpaired) electrons. The molecule has 82 valence electrons. The third-order valence-corrected chi connectivity index (χ3v) is 1.94. The van der Waals surface area contributed by atoms with Crippen molar-refractivity contribution in [2.45, 2.75) is 6.42 Å². The van der Waals surface area contributed by atoms with Gasteiger partial charge in [0, 0.05) is 25.5 Å². The van der Waals surface area contributed by atoms with Crippen molar-refractivity contribution >= 4 is 28.0 Å². The maximum absolute atomic E-state index is 10.1. The van der Waals surface area contributed by atoms with Gasteiger partial charge in [0.15, 0.2) is 0 Å². The molecule has 0 aliphatic rings. The van der Waals surface area contributed by atoms with Gasteiger partial charge in [-0.05, 0) is 22.4 Å². The van der Waals surface area contributed by atoms with Crippen LogP contribution < -0.4 is 10.6 Å². The van der Waals surface area contributed by atoms with E-state index in [-0.39, 0.29) is 0 Å². The number of aromatic nitrogens is 2. The molecule has 1 aromatic heterocycles. The lowest BCUT2D eigenvalue weighted by atomic mass is 10.4. The van der Waals surface area contributed by atoms with Gasteiger partial charge in [0.1, 0.15) is 0 Å². The van der Waals surface area contributed by atoms with Crippen LogP contribution in [0.25, 0.3) is 0 Å². The maximum Gasteiger partial charge on any atom is 0.404 e. The molecule has 0 bridgehead atoms. The molecule has 0 aromatic carbocycles. The molecule has 1 aromatic rings. The number of hydrogen-bond acceptors (Lipinski definition) is 4. The number of halogens is 1. The molecule has 1 heterocycles. The lowest BCUT2D eigenvalue weighted by molar-refractivity contribution is 0.194. The topological polar surface area (TPSA) is 87.1 Å². The van der Waals surface area contributed by atoms with E-state index in [1.165, 1.54) is 0 Å². The Balaban J connectivity index is 2.15. The van der Waals surface area contributed by atoms with Crippen LogP contribution in [-0.4, -0.2) is 34.3 Å². The van der Waals surface area contributed by atoms with Gasteiger partial charge >= 0.3 is 6.09 Å². The number of rotatable bonds is 5. The van der Waals surface area contributed by atoms with E-state index in [1.807, 2.05) is 0 Å². The fraction of sp³-hybridized carbons (Fsp3) is 0.375. The third-order valence-electron chi connectivity index (χ3n) is 1.53. The number of nitrogens with zero attached hydrogens (tertiary/aromatic N) is 2. The molecule has 0 saturated heterocycles. The summed E-state index contributed by atoms with van der Waals surface area (Å²) in [6, 6.07) is 0. The van der Waals surface area contributed by atoms with E-state index in [1.54, 1.807) is 12.4 Å². The lowest BCUT2D eigenvalue weighted by Crippen LogP contribution is -2.23. The largest absolute Gasteiger partial charge is 0.465 e. The van der Waals surface area contributed by atoms with E-state index in [0.717, 1.165) is 4.47 Å². The lowest BCUT2D eigenvalue weighted by Gasteiger charge is -2.03. The average molecular weight is 275 g/mol. The van der Waals surface area contributed by atoms with Gasteiger partial charge in [0.05, 0.1) is 4.47 Å². The van der Waals surface area contributed by atoms with Crippen molar-refractivity contribution < 1.29 is 9.90 Å². The van der Waals surface area contributed by atoms with Crippen molar-refractivity contribution in [1.29, 1.82) is 0 Å². The molecule has 0 atom stereocenters. The molecule has 1 amide bonds. The molecular weight excluding hydrogens is 264 g/mol. The molecule has 0 saturated carbocycles. The normalized spacial score (nSPS) is 9.67. The van der Waals surface area contributed by atoms with Crippen LogP contribution in [0.5, 0.6) is 0 Å². The quantitative estimate of drug-likeness (QED) is 0.705. The van der Waals surface area contributed by atoms with Crippen LogP contribution in [0.15, 0.2) is 16.9 Å². The van der Waals surface area contributed by atoms with Crippen LogP contribution in [0.4, 0.5) is 10.7 Å². The van der Waals surface area contributed by atoms with Crippen molar-refractivity contribution in [3.05, 3.63) is 16.9 Å². The fourth-order valence-corrected chi connectivity index (χ4v) is 1.09. The van der Waals surface area contributed by atoms with E-state index in [4.69, 9.17) is 5.11 Å². The number of nitrogens with one attached hydrogen (secondary N) is 2. The molecule has 3 N–H and O–H groups in total. The van der Waals surface area contributed by atoms with E-state index in [2.05, 4.69) is 36.5 Å². The van der Waals surface area contributed by atoms with Gasteiger partial charge in [-0.3, -0.25) is 0 Å². The van der Waals surface area contributed by atoms with Crippen molar-refractivity contribution in [2.24, 2.45) is 0 Å². The van der Waals surface area contributed by atoms with Crippen molar-refractivity contribution in [2.75, 3.05) is 18.4 Å². The number of amides is 1. The molecule has 15 heavy (non-hydrogen) atoms. The van der Waals surface area contributed by atoms with Crippen molar-refractivity contribution in [3.63, 3.8) is 0 Å². The van der Waals surface area contributed by atoms with Gasteiger partial charge in [-0.15, -0.1) is 0 Å². The Hall–Kier alpha value is -1.37. The minimum atomic E-state index is -1.00. The third kappa shape index (κ3) is 5.16. The Bertz CT molecular complexity index is 317. The monoisotopic (exact) mass is 274 g/mol. The molecule has 0 aliphatic heterocycles. The fourth-order valence-electron chi connectivity index (χ4n) is 0.887. The van der Waals surface area contributed by atoms with E-state index in [0.29, 0.717) is 25.5 Å². The molecule has 6 nitrogen and oxygen atoms in total. The SMILES string of the molecule is O=C(O)NCCCNc1ncc(Br)cn1. The number of hydrogen-bond donors (Lipinski definition) is 3. The van der Waals surface area contributed by atoms with E-state index < -0.39 is 6.09 Å². The highest BCUT2D eigenvalue weighted by molar-refractivity contribution is 9.10. The van der Waals surface area contributed by atoms with Crippen molar-refractivity contribution in [3.8, 4) is 0 Å². The zero-order chi connectivity index (χ0) is 11.1. The van der Waals surface area contributed by atoms with Gasteiger partial charge < -0.3 is 15.7 Å². The zero-order valence-corrected chi connectivity index (χ0v) is 9.49. The maximum atomic E-state index is 10.1. The molecule has 0 unspecified atom stereocenters. The van der Waals surface area contributed by atoms with Crippen LogP contribution in [0.3, 0.4) is 0 Å². The molecular formula is C8H11BrN4O2. The molecule has 0 spiro atoms. The molecule has 0 aliphatic carbocycles. The zero-order valence-electron chi connectivity index (χ0n) is 7.90. The first kappa shape index (κ1) is 11.7. The summed E-state index contributed by atoms with van der Waals surface area (Å²) in [5.41, 5.74) is 0. The predicted octanol–water partition coefficient (Wildman–Crippen LogP) is 1.31. The Labute approximate surface area is 95.3 Å². The van der Waals surface area contributed by atoms with Gasteiger partial charge in [0.2, 0.25) is 5.95 Å². The average Bonchev–Trinajstić information content (AvgIpc) is 2.20. The first-order valence-corrected chi connectivity index (χ1v) is 5.16. The summed E-state index contributed by atoms with van der Waals surface area (Å²) in [7, 11) is 0. The van der Waals surface area contributed by atoms with Crippen LogP contribution in [-0.2, 0) is 0 Å². The van der Waals surface area contributed by atoms with E-state index in [9.17, 15) is 4.79 Å². The minimum Gasteiger partial charge on any atom is -0.465 e. The van der Waals surface area contributed by atoms with Crippen LogP contribution in [0, 0.1) is 0 Å². The molecule has 0 fully saturated rings. The number of carbonyl (C=O) groups is 1. The van der Waals surface area contributed by atoms with Crippen molar-refractivity contribution in [1.82, 2.24) is 15.3 Å². The highest BCUT2D eigenvalue weighted by Crippen LogP contribution is 2.06. The van der Waals surface area contributed by atoms with Crippen LogP contribution in [0.2, 0.25) is 0 Å². The summed E-state index contributed by atoms with van der Waals surface area (Å²) in [6.45, 7) is 1.04. The first-order chi connectivity index (χ1) is 7.18. The minimum absolute atomic E-state index is 0.416. The Morgan fingerprint density at radius 1 is 1.40 bits per heavy atom. The summed E-state index contributed by atoms with van der Waals surface area (Å²) in [4.78, 5) is 18.1. The molecule has 7 heteroatoms. The second kappa shape index (κ2) is 6.18. The van der Waals surface area contributed by atoms with Gasteiger partial charge in [0.25, 0.3) is 0 Å². The van der Waals surface area contributed by atoms with Gasteiger partial charge in [-0.25, -0.2) is 14.8 Å². The first-order valence-electron chi connectivity index (χ1n) is 4.36. The molecule has 1 rings (SSSR count). The number of anilines is 1. The Morgan fingerprint density at radius 2 is 2.07 bits per heavy atom. The summed E-state index contributed by atoms with van der Waals surface area (Å²) < 4.78 is 0.820. The van der Waals surface area contributed by atoms with Crippen LogP contribution >= 0.6 is 15.9 Å². The summed E-state index contributed by atoms with van der Waals surface area (Å²) in [5.74, 6) is 0.536. The Morgan fingerprint density at radius 3 is 2.67 bits per heavy atom. The van der Waals surface area contributed by atoms with Gasteiger partial charge in [-0.2, -0.15) is 0 Å². The smallest absolute Gasteiger partial charge is 0.404 e. The van der Waals surface area contributed by atoms with Gasteiger partial charge in [-0.1, -0.05) is 0 Å². The summed E-state index contributed by atoms with van der Waals surface area (Å²) >= 11 is 3.23. The second-order valence-corrected chi connectivity index (χ2v) is 3.65. The highest BCUT2D eigenvalue weighted by Gasteiger charge is 1.96. The number of carboxylic acid groups (broad SMARTS) is 1. The highest BCUT2D eigenvalue weighted by atomic mass is 79.9. The summed E-state index contributed by atoms with van der Waals surface area (Å²) in [6.07, 6.45) is 2.97. The predicted molar refractivity (Wildman–Crippen MR) is 58.9 cm³/mol. The Kier molecular flexibility index (Phi) is 4.82. The van der Waals surface area contributed by atoms with Crippen LogP contribution in [0.1, 0.15) is 6.42 Å². The standard InChI is InChI=1S/C8H11BrN4O2/c9-6-4-12-7(13-5-6)10-2-1-3-11-8(14)15/h4-5,11H,1-3H2,(H,14,15)(H,10,12,13).